The molecule has 3 N–H and O–H groups in total. The molecule has 7 heteroatoms. The molecule has 0 aromatic heterocycles. The topological polar surface area (TPSA) is 48.8 Å². The number of amides is 1. The number of quaternary nitrogens is 1. The van der Waals surface area contributed by atoms with Crippen molar-refractivity contribution in [2.45, 2.75) is 13.3 Å². The number of carbonyl (C=O) groups excluding carboxylic acids is 1. The first-order valence-electron chi connectivity index (χ1n) is 9.58. The number of carbonyl (C=O) groups is 1. The van der Waals surface area contributed by atoms with Crippen LogP contribution in [0.15, 0.2) is 48.5 Å². The van der Waals surface area contributed by atoms with Gasteiger partial charge in [0.15, 0.2) is 11.7 Å². The van der Waals surface area contributed by atoms with Gasteiger partial charge in [-0.05, 0) is 48.5 Å². The van der Waals surface area contributed by atoms with E-state index in [1.54, 1.807) is 6.07 Å². The van der Waals surface area contributed by atoms with Crippen LogP contribution in [-0.2, 0) is 11.2 Å². The molecule has 0 saturated carbocycles. The molecule has 1 heterocycles. The second kappa shape index (κ2) is 9.87. The molecule has 1 amide bonds. The molecule has 28 heavy (non-hydrogen) atoms. The highest BCUT2D eigenvalue weighted by molar-refractivity contribution is 7.80. The van der Waals surface area contributed by atoms with Crippen molar-refractivity contribution in [2.24, 2.45) is 0 Å². The maximum atomic E-state index is 12.3. The highest BCUT2D eigenvalue weighted by Crippen LogP contribution is 2.19. The zero-order valence-electron chi connectivity index (χ0n) is 16.0. The van der Waals surface area contributed by atoms with Gasteiger partial charge in [0.1, 0.15) is 0 Å². The summed E-state index contributed by atoms with van der Waals surface area (Å²) >= 11 is 11.7. The summed E-state index contributed by atoms with van der Waals surface area (Å²) in [6.07, 6.45) is 1.03. The Hall–Kier alpha value is -2.15. The van der Waals surface area contributed by atoms with Crippen molar-refractivity contribution in [1.82, 2.24) is 4.90 Å². The summed E-state index contributed by atoms with van der Waals surface area (Å²) in [7, 11) is 0. The Bertz CT molecular complexity index is 819. The van der Waals surface area contributed by atoms with Gasteiger partial charge in [-0.15, -0.1) is 0 Å². The van der Waals surface area contributed by atoms with E-state index in [0.29, 0.717) is 17.3 Å². The minimum Gasteiger partial charge on any atom is -0.338 e. The quantitative estimate of drug-likeness (QED) is 0.654. The number of para-hydroxylation sites is 1. The van der Waals surface area contributed by atoms with E-state index < -0.39 is 0 Å². The summed E-state index contributed by atoms with van der Waals surface area (Å²) in [6.45, 7) is 5.96. The van der Waals surface area contributed by atoms with Crippen LogP contribution in [0.5, 0.6) is 0 Å². The van der Waals surface area contributed by atoms with Crippen LogP contribution in [0.2, 0.25) is 5.02 Å². The lowest BCUT2D eigenvalue weighted by Gasteiger charge is -2.33. The van der Waals surface area contributed by atoms with E-state index in [4.69, 9.17) is 23.8 Å². The summed E-state index contributed by atoms with van der Waals surface area (Å²) in [5.74, 6) is -0.0201. The number of nitrogens with one attached hydrogen (secondary N) is 3. The van der Waals surface area contributed by atoms with Crippen molar-refractivity contribution < 1.29 is 9.69 Å². The minimum atomic E-state index is -0.0201. The zero-order chi connectivity index (χ0) is 19.9. The van der Waals surface area contributed by atoms with Crippen molar-refractivity contribution in [1.29, 1.82) is 0 Å². The maximum Gasteiger partial charge on any atom is 0.279 e. The molecule has 2 aromatic rings. The Kier molecular flexibility index (Phi) is 7.25. The highest BCUT2D eigenvalue weighted by atomic mass is 35.5. The fraction of sp³-hybridized carbons (Fsp3) is 0.333. The molecule has 5 nitrogen and oxygen atoms in total. The fourth-order valence-corrected chi connectivity index (χ4v) is 3.70. The van der Waals surface area contributed by atoms with Crippen LogP contribution in [0.25, 0.3) is 0 Å². The number of hydrogen-bond acceptors (Lipinski definition) is 2. The number of rotatable bonds is 5. The van der Waals surface area contributed by atoms with E-state index in [0.717, 1.165) is 43.4 Å². The molecule has 3 rings (SSSR count). The number of benzene rings is 2. The number of hydrogen-bond donors (Lipinski definition) is 3. The minimum absolute atomic E-state index is 0.0201. The number of thiocarbonyl (C=S) groups is 1. The Morgan fingerprint density at radius 1 is 1.11 bits per heavy atom. The number of nitrogens with zero attached hydrogens (tertiary/aromatic N) is 1. The number of halogens is 1. The third-order valence-electron chi connectivity index (χ3n) is 4.93. The van der Waals surface area contributed by atoms with Crippen LogP contribution in [0.1, 0.15) is 12.5 Å². The van der Waals surface area contributed by atoms with E-state index >= 15 is 0 Å². The van der Waals surface area contributed by atoms with E-state index in [1.165, 1.54) is 10.5 Å². The van der Waals surface area contributed by atoms with Crippen molar-refractivity contribution >= 4 is 46.2 Å². The Balaban J connectivity index is 1.44. The van der Waals surface area contributed by atoms with Gasteiger partial charge < -0.3 is 20.4 Å². The standard InChI is InChI=1S/C21H25ClN4OS/c1-2-16-7-9-17(10-8-16)23-21(28)26-13-11-25(12-14-26)15-20(27)24-19-6-4-3-5-18(19)22/h3-10H,2,11-15H2,1H3,(H,23,28)(H,24,27)/p+1. The van der Waals surface area contributed by atoms with Crippen molar-refractivity contribution in [3.8, 4) is 0 Å². The first kappa shape index (κ1) is 20.6. The van der Waals surface area contributed by atoms with Crippen LogP contribution in [0.3, 0.4) is 0 Å². The first-order chi connectivity index (χ1) is 13.5. The van der Waals surface area contributed by atoms with Crippen molar-refractivity contribution in [2.75, 3.05) is 43.4 Å². The van der Waals surface area contributed by atoms with Crippen LogP contribution in [0, 0.1) is 0 Å². The molecule has 0 bridgehead atoms. The van der Waals surface area contributed by atoms with E-state index in [1.807, 2.05) is 18.2 Å². The molecule has 0 atom stereocenters. The molecule has 1 saturated heterocycles. The smallest absolute Gasteiger partial charge is 0.279 e. The summed E-state index contributed by atoms with van der Waals surface area (Å²) < 4.78 is 0. The predicted octanol–water partition coefficient (Wildman–Crippen LogP) is 2.44. The van der Waals surface area contributed by atoms with Gasteiger partial charge >= 0.3 is 0 Å². The molecule has 2 aromatic carbocycles. The molecular formula is C21H26ClN4OS+. The predicted molar refractivity (Wildman–Crippen MR) is 119 cm³/mol. The normalized spacial score (nSPS) is 14.6. The van der Waals surface area contributed by atoms with Crippen LogP contribution in [0.4, 0.5) is 11.4 Å². The summed E-state index contributed by atoms with van der Waals surface area (Å²) in [5.41, 5.74) is 2.98. The molecule has 0 spiro atoms. The number of anilines is 2. The average molecular weight is 418 g/mol. The first-order valence-corrected chi connectivity index (χ1v) is 10.4. The molecule has 0 radical (unpaired) electrons. The zero-order valence-corrected chi connectivity index (χ0v) is 17.6. The number of piperazine rings is 1. The van der Waals surface area contributed by atoms with Crippen LogP contribution < -0.4 is 15.5 Å². The largest absolute Gasteiger partial charge is 0.338 e. The maximum absolute atomic E-state index is 12.3. The average Bonchev–Trinajstić information content (AvgIpc) is 2.71. The SMILES string of the molecule is CCc1ccc(NC(=S)N2CC[NH+](CC(=O)Nc3ccccc3Cl)CC2)cc1. The monoisotopic (exact) mass is 417 g/mol. The van der Waals surface area contributed by atoms with Gasteiger partial charge in [0, 0.05) is 5.69 Å². The van der Waals surface area contributed by atoms with Crippen LogP contribution in [-0.4, -0.2) is 48.6 Å². The van der Waals surface area contributed by atoms with Gasteiger partial charge in [-0.3, -0.25) is 4.79 Å². The Labute approximate surface area is 176 Å². The third kappa shape index (κ3) is 5.67. The van der Waals surface area contributed by atoms with E-state index in [9.17, 15) is 4.79 Å². The molecule has 1 fully saturated rings. The molecule has 0 unspecified atom stereocenters. The van der Waals surface area contributed by atoms with Gasteiger partial charge in [-0.25, -0.2) is 0 Å². The second-order valence-electron chi connectivity index (χ2n) is 6.92. The van der Waals surface area contributed by atoms with Crippen molar-refractivity contribution in [3.05, 3.63) is 59.1 Å². The molecule has 148 valence electrons. The van der Waals surface area contributed by atoms with Gasteiger partial charge in [0.25, 0.3) is 5.91 Å². The molecule has 1 aliphatic rings. The summed E-state index contributed by atoms with van der Waals surface area (Å²) in [4.78, 5) is 15.7. The van der Waals surface area contributed by atoms with Gasteiger partial charge in [-0.2, -0.15) is 0 Å². The van der Waals surface area contributed by atoms with Crippen LogP contribution >= 0.6 is 23.8 Å². The Morgan fingerprint density at radius 3 is 2.43 bits per heavy atom. The fourth-order valence-electron chi connectivity index (χ4n) is 3.21. The lowest BCUT2D eigenvalue weighted by Crippen LogP contribution is -3.15. The van der Waals surface area contributed by atoms with E-state index in [-0.39, 0.29) is 5.91 Å². The van der Waals surface area contributed by atoms with Gasteiger partial charge in [0.2, 0.25) is 0 Å². The lowest BCUT2D eigenvalue weighted by molar-refractivity contribution is -0.895. The molecule has 0 aliphatic carbocycles. The summed E-state index contributed by atoms with van der Waals surface area (Å²) in [6, 6.07) is 15.6. The van der Waals surface area contributed by atoms with E-state index in [2.05, 4.69) is 46.7 Å². The molecular weight excluding hydrogens is 392 g/mol. The summed E-state index contributed by atoms with van der Waals surface area (Å²) in [5, 5.41) is 7.50. The van der Waals surface area contributed by atoms with Crippen molar-refractivity contribution in [3.63, 3.8) is 0 Å². The number of aryl methyl sites for hydroxylation is 1. The highest BCUT2D eigenvalue weighted by Gasteiger charge is 2.23. The van der Waals surface area contributed by atoms with Gasteiger partial charge in [-0.1, -0.05) is 42.8 Å². The Morgan fingerprint density at radius 2 is 1.79 bits per heavy atom. The van der Waals surface area contributed by atoms with Gasteiger partial charge in [0.05, 0.1) is 36.9 Å². The second-order valence-corrected chi connectivity index (χ2v) is 7.72. The lowest BCUT2D eigenvalue weighted by atomic mass is 10.1. The molecule has 1 aliphatic heterocycles. The third-order valence-corrected chi connectivity index (χ3v) is 5.62.